The van der Waals surface area contributed by atoms with E-state index >= 15 is 0 Å². The molecule has 0 N–H and O–H groups in total. The highest BCUT2D eigenvalue weighted by Crippen LogP contribution is 2.13. The van der Waals surface area contributed by atoms with E-state index in [1.807, 2.05) is 27.0 Å². The van der Waals surface area contributed by atoms with E-state index in [-0.39, 0.29) is 5.82 Å². The van der Waals surface area contributed by atoms with Crippen molar-refractivity contribution in [2.24, 2.45) is 7.05 Å². The number of hydrogen-bond donors (Lipinski definition) is 0. The van der Waals surface area contributed by atoms with Gasteiger partial charge < -0.3 is 4.57 Å². The van der Waals surface area contributed by atoms with Crippen LogP contribution in [-0.4, -0.2) is 9.55 Å². The van der Waals surface area contributed by atoms with Crippen molar-refractivity contribution < 1.29 is 4.39 Å². The zero-order valence-electron chi connectivity index (χ0n) is 8.08. The second-order valence-corrected chi connectivity index (χ2v) is 2.46. The first-order valence-corrected chi connectivity index (χ1v) is 4.34. The van der Waals surface area contributed by atoms with Crippen LogP contribution < -0.4 is 0 Å². The summed E-state index contributed by atoms with van der Waals surface area (Å²) in [6, 6.07) is 4.93. The lowest BCUT2D eigenvalue weighted by Gasteiger charge is -1.92. The molecule has 0 aliphatic carbocycles. The van der Waals surface area contributed by atoms with Gasteiger partial charge in [0.25, 0.3) is 0 Å². The van der Waals surface area contributed by atoms with E-state index in [2.05, 4.69) is 4.98 Å². The molecule has 70 valence electrons. The Balaban J connectivity index is 0.000000396. The summed E-state index contributed by atoms with van der Waals surface area (Å²) in [5.74, 6) is -0.261. The Kier molecular flexibility index (Phi) is 3.01. The highest BCUT2D eigenvalue weighted by atomic mass is 19.1. The predicted molar refractivity (Wildman–Crippen MR) is 52.0 cm³/mol. The normalized spacial score (nSPS) is 9.54. The van der Waals surface area contributed by atoms with Crippen LogP contribution in [0.4, 0.5) is 4.39 Å². The minimum Gasteiger partial charge on any atom is -0.334 e. The summed E-state index contributed by atoms with van der Waals surface area (Å²) >= 11 is 0. The van der Waals surface area contributed by atoms with Gasteiger partial charge in [0.05, 0.1) is 11.8 Å². The molecule has 2 rings (SSSR count). The number of halogens is 1. The SMILES string of the molecule is CC.Cn1cnc2c(F)cccc21. The zero-order chi connectivity index (χ0) is 9.84. The Morgan fingerprint density at radius 2 is 2.00 bits per heavy atom. The van der Waals surface area contributed by atoms with E-state index in [0.717, 1.165) is 5.52 Å². The van der Waals surface area contributed by atoms with Crippen LogP contribution in [0, 0.1) is 5.82 Å². The summed E-state index contributed by atoms with van der Waals surface area (Å²) in [6.45, 7) is 4.00. The molecule has 0 unspecified atom stereocenters. The molecule has 0 amide bonds. The average molecular weight is 180 g/mol. The van der Waals surface area contributed by atoms with E-state index in [1.54, 1.807) is 17.0 Å². The molecule has 1 heterocycles. The Morgan fingerprint density at radius 1 is 1.31 bits per heavy atom. The fourth-order valence-corrected chi connectivity index (χ4v) is 1.12. The molecule has 0 atom stereocenters. The van der Waals surface area contributed by atoms with Crippen LogP contribution in [0.15, 0.2) is 24.5 Å². The molecule has 1 aromatic heterocycles. The Bertz CT molecular complexity index is 393. The van der Waals surface area contributed by atoms with Crippen molar-refractivity contribution in [1.29, 1.82) is 0 Å². The van der Waals surface area contributed by atoms with Gasteiger partial charge in [-0.1, -0.05) is 19.9 Å². The predicted octanol–water partition coefficient (Wildman–Crippen LogP) is 2.74. The van der Waals surface area contributed by atoms with Gasteiger partial charge in [-0.15, -0.1) is 0 Å². The van der Waals surface area contributed by atoms with Crippen molar-refractivity contribution in [3.05, 3.63) is 30.3 Å². The largest absolute Gasteiger partial charge is 0.334 e. The van der Waals surface area contributed by atoms with E-state index < -0.39 is 0 Å². The fraction of sp³-hybridized carbons (Fsp3) is 0.300. The van der Waals surface area contributed by atoms with Crippen LogP contribution in [0.25, 0.3) is 11.0 Å². The van der Waals surface area contributed by atoms with Crippen molar-refractivity contribution in [3.8, 4) is 0 Å². The molecule has 0 aliphatic rings. The van der Waals surface area contributed by atoms with Crippen molar-refractivity contribution in [2.45, 2.75) is 13.8 Å². The zero-order valence-corrected chi connectivity index (χ0v) is 8.08. The molecule has 0 fully saturated rings. The number of rotatable bonds is 0. The summed E-state index contributed by atoms with van der Waals surface area (Å²) < 4.78 is 14.7. The minimum absolute atomic E-state index is 0.261. The number of aromatic nitrogens is 2. The second-order valence-electron chi connectivity index (χ2n) is 2.46. The second kappa shape index (κ2) is 4.03. The fourth-order valence-electron chi connectivity index (χ4n) is 1.12. The molecule has 0 saturated carbocycles. The molecular weight excluding hydrogens is 167 g/mol. The maximum Gasteiger partial charge on any atom is 0.151 e. The van der Waals surface area contributed by atoms with Crippen molar-refractivity contribution in [1.82, 2.24) is 9.55 Å². The number of hydrogen-bond acceptors (Lipinski definition) is 1. The van der Waals surface area contributed by atoms with Crippen LogP contribution >= 0.6 is 0 Å². The van der Waals surface area contributed by atoms with Crippen molar-refractivity contribution in [3.63, 3.8) is 0 Å². The van der Waals surface area contributed by atoms with Crippen LogP contribution in [-0.2, 0) is 7.05 Å². The summed E-state index contributed by atoms with van der Waals surface area (Å²) in [5.41, 5.74) is 1.26. The number of para-hydroxylation sites is 1. The number of benzene rings is 1. The van der Waals surface area contributed by atoms with Gasteiger partial charge in [-0.2, -0.15) is 0 Å². The molecule has 0 aliphatic heterocycles. The third-order valence-corrected chi connectivity index (χ3v) is 1.71. The first-order valence-electron chi connectivity index (χ1n) is 4.34. The van der Waals surface area contributed by atoms with E-state index in [1.165, 1.54) is 6.07 Å². The van der Waals surface area contributed by atoms with E-state index in [4.69, 9.17) is 0 Å². The van der Waals surface area contributed by atoms with Crippen LogP contribution in [0.2, 0.25) is 0 Å². The lowest BCUT2D eigenvalue weighted by atomic mass is 10.3. The van der Waals surface area contributed by atoms with Crippen molar-refractivity contribution in [2.75, 3.05) is 0 Å². The highest BCUT2D eigenvalue weighted by Gasteiger charge is 2.02. The standard InChI is InChI=1S/C8H7FN2.C2H6/c1-11-5-10-8-6(9)3-2-4-7(8)11;1-2/h2-5H,1H3;1-2H3. The summed E-state index contributed by atoms with van der Waals surface area (Å²) in [6.07, 6.45) is 1.60. The Hall–Kier alpha value is -1.38. The molecule has 2 aromatic rings. The smallest absolute Gasteiger partial charge is 0.151 e. The first-order chi connectivity index (χ1) is 6.29. The third kappa shape index (κ3) is 1.69. The average Bonchev–Trinajstić information content (AvgIpc) is 2.53. The number of fused-ring (bicyclic) bond motifs is 1. The molecule has 13 heavy (non-hydrogen) atoms. The maximum atomic E-state index is 12.9. The summed E-state index contributed by atoms with van der Waals surface area (Å²) in [4.78, 5) is 3.91. The van der Waals surface area contributed by atoms with Gasteiger partial charge in [-0.3, -0.25) is 0 Å². The van der Waals surface area contributed by atoms with Gasteiger partial charge in [-0.25, -0.2) is 9.37 Å². The highest BCUT2D eigenvalue weighted by molar-refractivity contribution is 5.75. The first kappa shape index (κ1) is 9.71. The Labute approximate surface area is 77.0 Å². The van der Waals surface area contributed by atoms with Crippen LogP contribution in [0.5, 0.6) is 0 Å². The number of nitrogens with zero attached hydrogens (tertiary/aromatic N) is 2. The molecule has 0 spiro atoms. The molecule has 2 nitrogen and oxygen atoms in total. The molecule has 0 saturated heterocycles. The lowest BCUT2D eigenvalue weighted by molar-refractivity contribution is 0.637. The summed E-state index contributed by atoms with van der Waals surface area (Å²) in [7, 11) is 1.84. The van der Waals surface area contributed by atoms with Crippen LogP contribution in [0.3, 0.4) is 0 Å². The van der Waals surface area contributed by atoms with Gasteiger partial charge in [0, 0.05) is 7.05 Å². The topological polar surface area (TPSA) is 17.8 Å². The van der Waals surface area contributed by atoms with E-state index in [0.29, 0.717) is 5.52 Å². The summed E-state index contributed by atoms with van der Waals surface area (Å²) in [5, 5.41) is 0. The molecule has 0 bridgehead atoms. The van der Waals surface area contributed by atoms with Gasteiger partial charge in [0.2, 0.25) is 0 Å². The molecule has 1 aromatic carbocycles. The van der Waals surface area contributed by atoms with Crippen LogP contribution in [0.1, 0.15) is 13.8 Å². The maximum absolute atomic E-state index is 12.9. The van der Waals surface area contributed by atoms with Gasteiger partial charge in [0.1, 0.15) is 5.52 Å². The number of aryl methyl sites for hydroxylation is 1. The Morgan fingerprint density at radius 3 is 2.62 bits per heavy atom. The van der Waals surface area contributed by atoms with Crippen molar-refractivity contribution >= 4 is 11.0 Å². The van der Waals surface area contributed by atoms with Gasteiger partial charge in [0.15, 0.2) is 5.82 Å². The molecule has 3 heteroatoms. The lowest BCUT2D eigenvalue weighted by Crippen LogP contribution is -1.83. The third-order valence-electron chi connectivity index (χ3n) is 1.71. The van der Waals surface area contributed by atoms with Gasteiger partial charge in [-0.05, 0) is 12.1 Å². The number of imidazole rings is 1. The quantitative estimate of drug-likeness (QED) is 0.609. The molecule has 0 radical (unpaired) electrons. The monoisotopic (exact) mass is 180 g/mol. The van der Waals surface area contributed by atoms with E-state index in [9.17, 15) is 4.39 Å². The molecular formula is C10H13FN2. The van der Waals surface area contributed by atoms with Gasteiger partial charge >= 0.3 is 0 Å². The minimum atomic E-state index is -0.261.